The average Bonchev–Trinajstić information content (AvgIpc) is 3.17. The van der Waals surface area contributed by atoms with Crippen molar-refractivity contribution in [3.8, 4) is 11.5 Å². The van der Waals surface area contributed by atoms with E-state index >= 15 is 0 Å². The van der Waals surface area contributed by atoms with Gasteiger partial charge in [-0.05, 0) is 42.3 Å². The highest BCUT2D eigenvalue weighted by molar-refractivity contribution is 6.03. The van der Waals surface area contributed by atoms with Crippen molar-refractivity contribution in [1.29, 1.82) is 0 Å². The molecule has 0 unspecified atom stereocenters. The molecule has 3 aromatic rings. The minimum absolute atomic E-state index is 0.188. The fourth-order valence-corrected chi connectivity index (χ4v) is 2.78. The van der Waals surface area contributed by atoms with E-state index in [4.69, 9.17) is 9.47 Å². The molecule has 1 aromatic heterocycles. The van der Waals surface area contributed by atoms with Crippen molar-refractivity contribution in [2.24, 2.45) is 0 Å². The lowest BCUT2D eigenvalue weighted by Gasteiger charge is -2.10. The van der Waals surface area contributed by atoms with E-state index in [2.05, 4.69) is 33.8 Å². The van der Waals surface area contributed by atoms with Crippen molar-refractivity contribution in [2.45, 2.75) is 13.3 Å². The monoisotopic (exact) mass is 362 g/mol. The molecule has 0 atom stereocenters. The summed E-state index contributed by atoms with van der Waals surface area (Å²) in [7, 11) is 0. The number of aryl methyl sites for hydroxylation is 1. The topological polar surface area (TPSA) is 85.4 Å². The van der Waals surface area contributed by atoms with E-state index in [-0.39, 0.29) is 18.4 Å². The van der Waals surface area contributed by atoms with Gasteiger partial charge in [-0.3, -0.25) is 4.79 Å². The number of nitrogens with one attached hydrogen (secondary N) is 2. The number of carbonyl (C=O) groups is 1. The molecule has 0 saturated heterocycles. The number of carbonyl (C=O) groups excluding carboxylic acids is 1. The van der Waals surface area contributed by atoms with E-state index in [0.717, 1.165) is 12.1 Å². The summed E-state index contributed by atoms with van der Waals surface area (Å²) in [6, 6.07) is 16.6. The molecule has 2 N–H and O–H groups in total. The summed E-state index contributed by atoms with van der Waals surface area (Å²) in [6.45, 7) is 2.28. The normalized spacial score (nSPS) is 11.9. The third-order valence-corrected chi connectivity index (χ3v) is 4.19. The first-order valence-corrected chi connectivity index (χ1v) is 8.62. The largest absolute Gasteiger partial charge is 0.454 e. The van der Waals surface area contributed by atoms with Gasteiger partial charge in [-0.25, -0.2) is 0 Å². The summed E-state index contributed by atoms with van der Waals surface area (Å²) in [6.07, 6.45) is 0.909. The smallest absolute Gasteiger partial charge is 0.276 e. The Morgan fingerprint density at radius 3 is 2.70 bits per heavy atom. The lowest BCUT2D eigenvalue weighted by Crippen LogP contribution is -2.14. The van der Waals surface area contributed by atoms with Crippen LogP contribution < -0.4 is 20.1 Å². The minimum Gasteiger partial charge on any atom is -0.454 e. The number of aromatic nitrogens is 2. The van der Waals surface area contributed by atoms with Crippen molar-refractivity contribution in [3.05, 3.63) is 65.9 Å². The van der Waals surface area contributed by atoms with E-state index in [9.17, 15) is 4.79 Å². The SMILES string of the molecule is CCc1ccccc1Nc1ccc(C(=O)Nc2ccc3c(c2)OCO3)nn1. The van der Waals surface area contributed by atoms with Crippen molar-refractivity contribution >= 4 is 23.1 Å². The fourth-order valence-electron chi connectivity index (χ4n) is 2.78. The standard InChI is InChI=1S/C20H18N4O3/c1-2-13-5-3-4-6-15(13)22-19-10-8-16(23-24-19)20(25)21-14-7-9-17-18(11-14)27-12-26-17/h3-11H,2,12H2,1H3,(H,21,25)(H,22,24). The molecule has 0 aliphatic carbocycles. The third-order valence-electron chi connectivity index (χ3n) is 4.19. The molecule has 0 spiro atoms. The molecule has 7 heteroatoms. The summed E-state index contributed by atoms with van der Waals surface area (Å²) in [5.41, 5.74) is 2.99. The van der Waals surface area contributed by atoms with Crippen LogP contribution in [-0.2, 0) is 6.42 Å². The van der Waals surface area contributed by atoms with Crippen molar-refractivity contribution < 1.29 is 14.3 Å². The number of benzene rings is 2. The molecule has 7 nitrogen and oxygen atoms in total. The van der Waals surface area contributed by atoms with Gasteiger partial charge in [0.25, 0.3) is 5.91 Å². The highest BCUT2D eigenvalue weighted by Gasteiger charge is 2.15. The van der Waals surface area contributed by atoms with Gasteiger partial charge >= 0.3 is 0 Å². The second-order valence-electron chi connectivity index (χ2n) is 5.96. The van der Waals surface area contributed by atoms with Crippen LogP contribution in [0.4, 0.5) is 17.2 Å². The van der Waals surface area contributed by atoms with Gasteiger partial charge < -0.3 is 20.1 Å². The van der Waals surface area contributed by atoms with E-state index in [1.54, 1.807) is 30.3 Å². The fraction of sp³-hybridized carbons (Fsp3) is 0.150. The third kappa shape index (κ3) is 3.67. The quantitative estimate of drug-likeness (QED) is 0.719. The Labute approximate surface area is 156 Å². The second-order valence-corrected chi connectivity index (χ2v) is 5.96. The van der Waals surface area contributed by atoms with Gasteiger partial charge in [0.1, 0.15) is 0 Å². The van der Waals surface area contributed by atoms with E-state index in [1.165, 1.54) is 5.56 Å². The van der Waals surface area contributed by atoms with Gasteiger partial charge in [0.2, 0.25) is 6.79 Å². The number of rotatable bonds is 5. The first kappa shape index (κ1) is 16.8. The van der Waals surface area contributed by atoms with Crippen LogP contribution in [0.2, 0.25) is 0 Å². The van der Waals surface area contributed by atoms with Crippen LogP contribution in [0.15, 0.2) is 54.6 Å². The number of para-hydroxylation sites is 1. The first-order chi connectivity index (χ1) is 13.2. The predicted molar refractivity (Wildman–Crippen MR) is 102 cm³/mol. The molecule has 0 saturated carbocycles. The number of hydrogen-bond donors (Lipinski definition) is 2. The molecular weight excluding hydrogens is 344 g/mol. The van der Waals surface area contributed by atoms with E-state index < -0.39 is 0 Å². The van der Waals surface area contributed by atoms with Gasteiger partial charge in [-0.1, -0.05) is 25.1 Å². The second kappa shape index (κ2) is 7.33. The zero-order valence-corrected chi connectivity index (χ0v) is 14.7. The summed E-state index contributed by atoms with van der Waals surface area (Å²) < 4.78 is 10.6. The Morgan fingerprint density at radius 1 is 1.04 bits per heavy atom. The van der Waals surface area contributed by atoms with Gasteiger partial charge in [-0.15, -0.1) is 10.2 Å². The molecular formula is C20H18N4O3. The molecule has 4 rings (SSSR count). The Hall–Kier alpha value is -3.61. The van der Waals surface area contributed by atoms with Crippen LogP contribution in [-0.4, -0.2) is 22.9 Å². The molecule has 1 aliphatic rings. The molecule has 1 amide bonds. The molecule has 0 radical (unpaired) electrons. The summed E-state index contributed by atoms with van der Waals surface area (Å²) >= 11 is 0. The van der Waals surface area contributed by atoms with Crippen LogP contribution in [0.25, 0.3) is 0 Å². The summed E-state index contributed by atoms with van der Waals surface area (Å²) in [5, 5.41) is 14.1. The van der Waals surface area contributed by atoms with Crippen molar-refractivity contribution in [1.82, 2.24) is 10.2 Å². The highest BCUT2D eigenvalue weighted by Crippen LogP contribution is 2.34. The van der Waals surface area contributed by atoms with E-state index in [0.29, 0.717) is 23.0 Å². The zero-order chi connectivity index (χ0) is 18.6. The summed E-state index contributed by atoms with van der Waals surface area (Å²) in [4.78, 5) is 12.4. The number of anilines is 3. The molecule has 0 bridgehead atoms. The number of ether oxygens (including phenoxy) is 2. The van der Waals surface area contributed by atoms with Crippen LogP contribution in [0.5, 0.6) is 11.5 Å². The maximum Gasteiger partial charge on any atom is 0.276 e. The Kier molecular flexibility index (Phi) is 4.57. The molecule has 1 aliphatic heterocycles. The van der Waals surface area contributed by atoms with Crippen molar-refractivity contribution in [3.63, 3.8) is 0 Å². The van der Waals surface area contributed by atoms with Gasteiger partial charge in [0.15, 0.2) is 23.0 Å². The van der Waals surface area contributed by atoms with Crippen LogP contribution in [0, 0.1) is 0 Å². The number of amides is 1. The first-order valence-electron chi connectivity index (χ1n) is 8.62. The van der Waals surface area contributed by atoms with Crippen LogP contribution in [0.3, 0.4) is 0 Å². The van der Waals surface area contributed by atoms with Crippen LogP contribution in [0.1, 0.15) is 23.0 Å². The predicted octanol–water partition coefficient (Wildman–Crippen LogP) is 3.76. The highest BCUT2D eigenvalue weighted by atomic mass is 16.7. The lowest BCUT2D eigenvalue weighted by molar-refractivity contribution is 0.102. The maximum atomic E-state index is 12.4. The Morgan fingerprint density at radius 2 is 1.89 bits per heavy atom. The lowest BCUT2D eigenvalue weighted by atomic mass is 10.1. The number of nitrogens with zero attached hydrogens (tertiary/aromatic N) is 2. The number of hydrogen-bond acceptors (Lipinski definition) is 6. The van der Waals surface area contributed by atoms with Gasteiger partial charge in [-0.2, -0.15) is 0 Å². The number of fused-ring (bicyclic) bond motifs is 1. The molecule has 0 fully saturated rings. The Bertz CT molecular complexity index is 973. The summed E-state index contributed by atoms with van der Waals surface area (Å²) in [5.74, 6) is 1.50. The molecule has 27 heavy (non-hydrogen) atoms. The van der Waals surface area contributed by atoms with Gasteiger partial charge in [0, 0.05) is 17.4 Å². The maximum absolute atomic E-state index is 12.4. The molecule has 136 valence electrons. The molecule has 2 aromatic carbocycles. The van der Waals surface area contributed by atoms with Gasteiger partial charge in [0.05, 0.1) is 0 Å². The molecule has 2 heterocycles. The van der Waals surface area contributed by atoms with Crippen LogP contribution >= 0.6 is 0 Å². The van der Waals surface area contributed by atoms with Crippen molar-refractivity contribution in [2.75, 3.05) is 17.4 Å². The minimum atomic E-state index is -0.345. The zero-order valence-electron chi connectivity index (χ0n) is 14.7. The average molecular weight is 362 g/mol. The Balaban J connectivity index is 1.44. The van der Waals surface area contributed by atoms with E-state index in [1.807, 2.05) is 18.2 Å².